The third-order valence-corrected chi connectivity index (χ3v) is 7.09. The van der Waals surface area contributed by atoms with E-state index in [1.807, 2.05) is 54.6 Å². The number of hydrogen-bond acceptors (Lipinski definition) is 7. The molecular formula is C28H29N5O3S. The van der Waals surface area contributed by atoms with E-state index in [0.29, 0.717) is 15.7 Å². The Morgan fingerprint density at radius 2 is 1.73 bits per heavy atom. The number of amides is 2. The molecule has 4 N–H and O–H groups in total. The zero-order chi connectivity index (χ0) is 25.9. The molecule has 0 unspecified atom stereocenters. The van der Waals surface area contributed by atoms with Gasteiger partial charge in [0.05, 0.1) is 12.2 Å². The van der Waals surface area contributed by atoms with E-state index in [4.69, 9.17) is 10.5 Å². The minimum absolute atomic E-state index is 0.0221. The van der Waals surface area contributed by atoms with Crippen LogP contribution in [-0.2, 0) is 11.3 Å². The fraction of sp³-hybridized carbons (Fsp3) is 0.250. The topological polar surface area (TPSA) is 110 Å². The largest absolute Gasteiger partial charge is 0.373 e. The second-order valence-corrected chi connectivity index (χ2v) is 10.3. The highest BCUT2D eigenvalue weighted by molar-refractivity contribution is 7.20. The maximum absolute atomic E-state index is 13.0. The molecule has 1 aromatic heterocycles. The van der Waals surface area contributed by atoms with Crippen molar-refractivity contribution in [1.82, 2.24) is 9.88 Å². The Hall–Kier alpha value is -3.79. The summed E-state index contributed by atoms with van der Waals surface area (Å²) >= 11 is 1.16. The molecule has 190 valence electrons. The number of primary amides is 1. The summed E-state index contributed by atoms with van der Waals surface area (Å²) in [6, 6.07) is 21.5. The molecule has 5 rings (SSSR count). The lowest BCUT2D eigenvalue weighted by atomic mass is 10.1. The molecule has 0 bridgehead atoms. The van der Waals surface area contributed by atoms with Crippen LogP contribution in [0, 0.1) is 0 Å². The Morgan fingerprint density at radius 1 is 1.03 bits per heavy atom. The summed E-state index contributed by atoms with van der Waals surface area (Å²) in [5.41, 5.74) is 8.00. The van der Waals surface area contributed by atoms with Crippen molar-refractivity contribution in [3.8, 4) is 0 Å². The number of rotatable bonds is 7. The Labute approximate surface area is 219 Å². The van der Waals surface area contributed by atoms with Crippen LogP contribution in [0.15, 0.2) is 66.7 Å². The van der Waals surface area contributed by atoms with Crippen LogP contribution >= 0.6 is 11.3 Å². The number of ether oxygens (including phenoxy) is 1. The van der Waals surface area contributed by atoms with Gasteiger partial charge in [0.2, 0.25) is 0 Å². The van der Waals surface area contributed by atoms with Gasteiger partial charge in [-0.1, -0.05) is 53.8 Å². The first-order valence-electron chi connectivity index (χ1n) is 12.2. The van der Waals surface area contributed by atoms with Crippen LogP contribution in [0.3, 0.4) is 0 Å². The minimum atomic E-state index is -0.706. The van der Waals surface area contributed by atoms with E-state index >= 15 is 0 Å². The summed E-state index contributed by atoms with van der Waals surface area (Å²) in [6.07, 6.45) is 0.404. The van der Waals surface area contributed by atoms with Crippen molar-refractivity contribution in [3.05, 3.63) is 83.6 Å². The Morgan fingerprint density at radius 3 is 2.43 bits per heavy atom. The number of hydrogen-bond donors (Lipinski definition) is 3. The lowest BCUT2D eigenvalue weighted by molar-refractivity contribution is -0.0704. The summed E-state index contributed by atoms with van der Waals surface area (Å²) in [7, 11) is 0. The number of carbonyl (C=O) groups excluding carboxylic acids is 2. The molecule has 4 aromatic rings. The smallest absolute Gasteiger partial charge is 0.270 e. The van der Waals surface area contributed by atoms with E-state index in [2.05, 4.69) is 34.4 Å². The molecule has 2 heterocycles. The highest BCUT2D eigenvalue weighted by Crippen LogP contribution is 2.32. The quantitative estimate of drug-likeness (QED) is 0.320. The molecule has 1 fully saturated rings. The standard InChI is InChI=1S/C28H29N5O3S/c1-17-14-33(15-18(2)36-17)16-19-7-9-21(10-8-19)26(35)32-27-24(25(29)34)31-28(37-27)30-23-12-11-20-5-3-4-6-22(20)13-23/h3-13,17-18H,14-16H2,1-2H3,(H2,29,34)(H,30,31)(H,32,35)/t17-,18+. The lowest BCUT2D eigenvalue weighted by Crippen LogP contribution is -2.44. The van der Waals surface area contributed by atoms with Gasteiger partial charge in [-0.3, -0.25) is 14.5 Å². The van der Waals surface area contributed by atoms with Crippen LogP contribution in [0.25, 0.3) is 10.8 Å². The monoisotopic (exact) mass is 515 g/mol. The van der Waals surface area contributed by atoms with Crippen LogP contribution in [-0.4, -0.2) is 47.0 Å². The number of benzene rings is 3. The molecule has 0 spiro atoms. The number of nitrogens with zero attached hydrogens (tertiary/aromatic N) is 2. The third-order valence-electron chi connectivity index (χ3n) is 6.21. The maximum Gasteiger partial charge on any atom is 0.270 e. The first-order valence-corrected chi connectivity index (χ1v) is 13.0. The zero-order valence-electron chi connectivity index (χ0n) is 20.7. The van der Waals surface area contributed by atoms with Crippen molar-refractivity contribution in [2.75, 3.05) is 23.7 Å². The highest BCUT2D eigenvalue weighted by atomic mass is 32.1. The maximum atomic E-state index is 13.0. The third kappa shape index (κ3) is 5.96. The van der Waals surface area contributed by atoms with Gasteiger partial charge in [-0.2, -0.15) is 0 Å². The average molecular weight is 516 g/mol. The first kappa shape index (κ1) is 24.9. The summed E-state index contributed by atoms with van der Waals surface area (Å²) in [6.45, 7) is 6.72. The molecule has 1 saturated heterocycles. The lowest BCUT2D eigenvalue weighted by Gasteiger charge is -2.35. The average Bonchev–Trinajstić information content (AvgIpc) is 3.26. The number of nitrogens with one attached hydrogen (secondary N) is 2. The highest BCUT2D eigenvalue weighted by Gasteiger charge is 2.22. The number of thiazole rings is 1. The van der Waals surface area contributed by atoms with E-state index in [0.717, 1.165) is 53.0 Å². The van der Waals surface area contributed by atoms with Gasteiger partial charge in [-0.15, -0.1) is 0 Å². The van der Waals surface area contributed by atoms with E-state index < -0.39 is 5.91 Å². The number of anilines is 3. The van der Waals surface area contributed by atoms with Gasteiger partial charge in [0.1, 0.15) is 5.00 Å². The van der Waals surface area contributed by atoms with E-state index in [9.17, 15) is 9.59 Å². The molecule has 2 atom stereocenters. The van der Waals surface area contributed by atoms with Gasteiger partial charge in [0, 0.05) is 30.9 Å². The fourth-order valence-electron chi connectivity index (χ4n) is 4.62. The van der Waals surface area contributed by atoms with Crippen LogP contribution in [0.1, 0.15) is 40.3 Å². The van der Waals surface area contributed by atoms with Crippen molar-refractivity contribution in [1.29, 1.82) is 0 Å². The Balaban J connectivity index is 1.27. The molecule has 0 aliphatic carbocycles. The summed E-state index contributed by atoms with van der Waals surface area (Å²) < 4.78 is 5.80. The van der Waals surface area contributed by atoms with Gasteiger partial charge < -0.3 is 21.1 Å². The van der Waals surface area contributed by atoms with Crippen molar-refractivity contribution in [2.24, 2.45) is 5.73 Å². The molecule has 3 aromatic carbocycles. The van der Waals surface area contributed by atoms with Crippen molar-refractivity contribution in [3.63, 3.8) is 0 Å². The van der Waals surface area contributed by atoms with E-state index in [-0.39, 0.29) is 23.8 Å². The summed E-state index contributed by atoms with van der Waals surface area (Å²) in [4.78, 5) is 31.7. The Kier molecular flexibility index (Phi) is 7.18. The van der Waals surface area contributed by atoms with Crippen LogP contribution in [0.2, 0.25) is 0 Å². The molecule has 9 heteroatoms. The van der Waals surface area contributed by atoms with Crippen LogP contribution in [0.4, 0.5) is 15.8 Å². The predicted molar refractivity (Wildman–Crippen MR) is 148 cm³/mol. The SMILES string of the molecule is C[C@@H]1CN(Cc2ccc(C(=O)Nc3sc(Nc4ccc5ccccc5c4)nc3C(N)=O)cc2)C[C@H](C)O1. The number of aromatic nitrogens is 1. The summed E-state index contributed by atoms with van der Waals surface area (Å²) in [5, 5.41) is 8.99. The van der Waals surface area contributed by atoms with E-state index in [1.54, 1.807) is 12.1 Å². The minimum Gasteiger partial charge on any atom is -0.373 e. The molecule has 1 aliphatic rings. The zero-order valence-corrected chi connectivity index (χ0v) is 21.5. The van der Waals surface area contributed by atoms with Crippen LogP contribution < -0.4 is 16.4 Å². The molecule has 2 amide bonds. The van der Waals surface area contributed by atoms with Crippen molar-refractivity contribution in [2.45, 2.75) is 32.6 Å². The second-order valence-electron chi connectivity index (χ2n) is 9.35. The molecular weight excluding hydrogens is 486 g/mol. The predicted octanol–water partition coefficient (Wildman–Crippen LogP) is 5.00. The fourth-order valence-corrected chi connectivity index (χ4v) is 5.51. The molecule has 0 radical (unpaired) electrons. The van der Waals surface area contributed by atoms with Gasteiger partial charge >= 0.3 is 0 Å². The molecule has 8 nitrogen and oxygen atoms in total. The summed E-state index contributed by atoms with van der Waals surface area (Å²) in [5.74, 6) is -1.04. The van der Waals surface area contributed by atoms with Gasteiger partial charge in [-0.05, 0) is 54.4 Å². The van der Waals surface area contributed by atoms with Gasteiger partial charge in [-0.25, -0.2) is 4.98 Å². The molecule has 1 aliphatic heterocycles. The molecule has 37 heavy (non-hydrogen) atoms. The van der Waals surface area contributed by atoms with Gasteiger partial charge in [0.15, 0.2) is 10.8 Å². The van der Waals surface area contributed by atoms with E-state index in [1.165, 1.54) is 0 Å². The van der Waals surface area contributed by atoms with Crippen LogP contribution in [0.5, 0.6) is 0 Å². The normalized spacial score (nSPS) is 18.0. The van der Waals surface area contributed by atoms with Crippen molar-refractivity contribution < 1.29 is 14.3 Å². The number of morpholine rings is 1. The number of nitrogens with two attached hydrogens (primary N) is 1. The Bertz CT molecular complexity index is 1430. The van der Waals surface area contributed by atoms with Crippen molar-refractivity contribution >= 4 is 49.7 Å². The number of carbonyl (C=O) groups is 2. The number of fused-ring (bicyclic) bond motifs is 1. The van der Waals surface area contributed by atoms with Gasteiger partial charge in [0.25, 0.3) is 11.8 Å². The molecule has 0 saturated carbocycles. The first-order chi connectivity index (χ1) is 17.8. The second kappa shape index (κ2) is 10.7.